The van der Waals surface area contributed by atoms with Crippen LogP contribution < -0.4 is 10.5 Å². The van der Waals surface area contributed by atoms with Gasteiger partial charge in [-0.1, -0.05) is 0 Å². The predicted octanol–water partition coefficient (Wildman–Crippen LogP) is 3.13. The van der Waals surface area contributed by atoms with Crippen molar-refractivity contribution in [1.29, 1.82) is 0 Å². The maximum absolute atomic E-state index is 6.09. The normalized spacial score (nSPS) is 13.1. The van der Waals surface area contributed by atoms with Gasteiger partial charge in [-0.3, -0.25) is 4.68 Å². The highest BCUT2D eigenvalue weighted by molar-refractivity contribution is 5.64. The van der Waals surface area contributed by atoms with Crippen molar-refractivity contribution in [3.8, 4) is 29.0 Å². The van der Waals surface area contributed by atoms with Gasteiger partial charge in [0.05, 0.1) is 18.1 Å². The Balaban J connectivity index is 1.35. The van der Waals surface area contributed by atoms with Gasteiger partial charge in [0.2, 0.25) is 0 Å². The summed E-state index contributed by atoms with van der Waals surface area (Å²) in [5.74, 6) is 6.72. The van der Waals surface area contributed by atoms with E-state index in [1.807, 2.05) is 25.2 Å². The van der Waals surface area contributed by atoms with E-state index < -0.39 is 0 Å². The van der Waals surface area contributed by atoms with E-state index in [1.165, 1.54) is 16.7 Å². The van der Waals surface area contributed by atoms with Crippen LogP contribution in [-0.4, -0.2) is 43.2 Å². The van der Waals surface area contributed by atoms with Crippen LogP contribution in [-0.2, 0) is 26.6 Å². The molecule has 1 aliphatic heterocycles. The molecule has 0 fully saturated rings. The Morgan fingerprint density at radius 2 is 1.97 bits per heavy atom. The Hall–Kier alpha value is -4.22. The van der Waals surface area contributed by atoms with Gasteiger partial charge in [0.1, 0.15) is 18.0 Å². The molecule has 0 unspecified atom stereocenters. The topological polar surface area (TPSA) is 95.0 Å². The average Bonchev–Trinajstić information content (AvgIpc) is 3.26. The molecule has 0 radical (unpaired) electrons. The first-order valence-electron chi connectivity index (χ1n) is 11.5. The number of ether oxygens (including phenoxy) is 1. The molecule has 0 spiro atoms. The molecule has 8 nitrogen and oxygen atoms in total. The molecule has 0 atom stereocenters. The molecule has 35 heavy (non-hydrogen) atoms. The number of fused-ring (bicyclic) bond motifs is 1. The largest absolute Gasteiger partial charge is 0.470 e. The van der Waals surface area contributed by atoms with E-state index in [-0.39, 0.29) is 12.4 Å². The molecular formula is C27H27N7O. The van der Waals surface area contributed by atoms with Crippen LogP contribution in [0, 0.1) is 18.8 Å². The summed E-state index contributed by atoms with van der Waals surface area (Å²) in [4.78, 5) is 15.7. The number of likely N-dealkylation sites (N-methyl/N-ethyl adjacent to an activating group) is 1. The number of nitrogen functional groups attached to an aromatic ring is 1. The number of aryl methyl sites for hydroxylation is 2. The van der Waals surface area contributed by atoms with Crippen molar-refractivity contribution < 1.29 is 4.74 Å². The number of anilines is 1. The van der Waals surface area contributed by atoms with Crippen molar-refractivity contribution in [2.45, 2.75) is 26.5 Å². The van der Waals surface area contributed by atoms with Gasteiger partial charge in [0.15, 0.2) is 5.82 Å². The molecule has 176 valence electrons. The van der Waals surface area contributed by atoms with Crippen molar-refractivity contribution >= 4 is 5.82 Å². The van der Waals surface area contributed by atoms with E-state index in [0.29, 0.717) is 11.6 Å². The minimum Gasteiger partial charge on any atom is -0.470 e. The Morgan fingerprint density at radius 1 is 1.09 bits per heavy atom. The number of aromatic nitrogens is 5. The van der Waals surface area contributed by atoms with E-state index in [0.717, 1.165) is 42.0 Å². The van der Waals surface area contributed by atoms with Crippen molar-refractivity contribution in [3.63, 3.8) is 0 Å². The van der Waals surface area contributed by atoms with Gasteiger partial charge >= 0.3 is 0 Å². The molecule has 3 aromatic heterocycles. The number of pyridine rings is 1. The van der Waals surface area contributed by atoms with Crippen molar-refractivity contribution in [2.75, 3.05) is 19.3 Å². The lowest BCUT2D eigenvalue weighted by atomic mass is 9.92. The summed E-state index contributed by atoms with van der Waals surface area (Å²) in [7, 11) is 4.00. The van der Waals surface area contributed by atoms with Crippen LogP contribution in [0.1, 0.15) is 33.6 Å². The van der Waals surface area contributed by atoms with Crippen LogP contribution in [0.5, 0.6) is 5.88 Å². The Labute approximate surface area is 204 Å². The summed E-state index contributed by atoms with van der Waals surface area (Å²) in [6, 6.07) is 10.0. The van der Waals surface area contributed by atoms with Gasteiger partial charge in [0, 0.05) is 31.9 Å². The number of hydrogen-bond donors (Lipinski definition) is 1. The first kappa shape index (κ1) is 22.6. The molecule has 0 amide bonds. The van der Waals surface area contributed by atoms with Gasteiger partial charge in [0.25, 0.3) is 5.88 Å². The molecule has 1 aliphatic rings. The second-order valence-corrected chi connectivity index (χ2v) is 8.79. The molecule has 4 aromatic rings. The standard InChI is InChI=1S/C27H27N7O/c1-18-12-20(14-21-16-33(2)11-8-24(18)21)25-15-30-26(28)27(32-25)35-17-19-6-9-29-22(13-19)4-5-23-7-10-31-34(23)3/h6-7,9-10,12-15H,8,11,16-17H2,1-3H3,(H2,28,30). The third-order valence-electron chi connectivity index (χ3n) is 6.15. The Morgan fingerprint density at radius 3 is 2.80 bits per heavy atom. The molecule has 2 N–H and O–H groups in total. The third-order valence-corrected chi connectivity index (χ3v) is 6.15. The van der Waals surface area contributed by atoms with E-state index >= 15 is 0 Å². The number of nitrogens with two attached hydrogens (primary N) is 1. The zero-order chi connectivity index (χ0) is 24.4. The van der Waals surface area contributed by atoms with Crippen molar-refractivity contribution in [2.24, 2.45) is 7.05 Å². The SMILES string of the molecule is Cc1cc(-c2cnc(N)c(OCc3ccnc(C#Cc4ccnn4C)c3)n2)cc2c1CCN(C)C2. The molecule has 1 aromatic carbocycles. The fourth-order valence-electron chi connectivity index (χ4n) is 4.24. The molecule has 5 rings (SSSR count). The maximum Gasteiger partial charge on any atom is 0.258 e. The van der Waals surface area contributed by atoms with E-state index in [4.69, 9.17) is 15.5 Å². The molecule has 0 aliphatic carbocycles. The average molecular weight is 466 g/mol. The predicted molar refractivity (Wildman–Crippen MR) is 134 cm³/mol. The third kappa shape index (κ3) is 5.00. The second-order valence-electron chi connectivity index (χ2n) is 8.79. The van der Waals surface area contributed by atoms with Crippen LogP contribution in [0.15, 0.2) is 48.9 Å². The summed E-state index contributed by atoms with van der Waals surface area (Å²) in [6.07, 6.45) is 6.20. The number of rotatable bonds is 4. The van der Waals surface area contributed by atoms with Crippen LogP contribution in [0.4, 0.5) is 5.82 Å². The molecule has 4 heterocycles. The number of hydrogen-bond acceptors (Lipinski definition) is 7. The monoisotopic (exact) mass is 465 g/mol. The number of nitrogens with zero attached hydrogens (tertiary/aromatic N) is 6. The van der Waals surface area contributed by atoms with Gasteiger partial charge in [-0.2, -0.15) is 5.10 Å². The first-order chi connectivity index (χ1) is 17.0. The van der Waals surface area contributed by atoms with Gasteiger partial charge < -0.3 is 15.4 Å². The van der Waals surface area contributed by atoms with Gasteiger partial charge in [-0.15, -0.1) is 0 Å². The first-order valence-corrected chi connectivity index (χ1v) is 11.5. The zero-order valence-electron chi connectivity index (χ0n) is 20.1. The summed E-state index contributed by atoms with van der Waals surface area (Å²) in [6.45, 7) is 4.45. The second kappa shape index (κ2) is 9.57. The van der Waals surface area contributed by atoms with E-state index in [1.54, 1.807) is 23.3 Å². The fourth-order valence-corrected chi connectivity index (χ4v) is 4.24. The van der Waals surface area contributed by atoms with Crippen LogP contribution in [0.2, 0.25) is 0 Å². The van der Waals surface area contributed by atoms with Crippen molar-refractivity contribution in [1.82, 2.24) is 29.6 Å². The van der Waals surface area contributed by atoms with Crippen LogP contribution >= 0.6 is 0 Å². The lowest BCUT2D eigenvalue weighted by Gasteiger charge is -2.27. The van der Waals surface area contributed by atoms with E-state index in [9.17, 15) is 0 Å². The lowest BCUT2D eigenvalue weighted by molar-refractivity contribution is 0.295. The van der Waals surface area contributed by atoms with Crippen LogP contribution in [0.3, 0.4) is 0 Å². The zero-order valence-corrected chi connectivity index (χ0v) is 20.1. The quantitative estimate of drug-likeness (QED) is 0.463. The molecule has 0 bridgehead atoms. The highest BCUT2D eigenvalue weighted by atomic mass is 16.5. The Bertz CT molecular complexity index is 1450. The molecular weight excluding hydrogens is 438 g/mol. The fraction of sp³-hybridized carbons (Fsp3) is 0.259. The highest BCUT2D eigenvalue weighted by Crippen LogP contribution is 2.30. The maximum atomic E-state index is 6.09. The minimum atomic E-state index is 0.258. The molecule has 0 saturated heterocycles. The molecule has 0 saturated carbocycles. The summed E-state index contributed by atoms with van der Waals surface area (Å²) >= 11 is 0. The lowest BCUT2D eigenvalue weighted by Crippen LogP contribution is -2.27. The van der Waals surface area contributed by atoms with Crippen LogP contribution in [0.25, 0.3) is 11.3 Å². The molecule has 8 heteroatoms. The Kier molecular flexibility index (Phi) is 6.17. The number of benzene rings is 1. The summed E-state index contributed by atoms with van der Waals surface area (Å²) < 4.78 is 7.69. The summed E-state index contributed by atoms with van der Waals surface area (Å²) in [5, 5.41) is 4.12. The van der Waals surface area contributed by atoms with Gasteiger partial charge in [-0.05, 0) is 84.8 Å². The summed E-state index contributed by atoms with van der Waals surface area (Å²) in [5.41, 5.74) is 14.3. The highest BCUT2D eigenvalue weighted by Gasteiger charge is 2.17. The van der Waals surface area contributed by atoms with Crippen molar-refractivity contribution in [3.05, 3.63) is 82.6 Å². The minimum absolute atomic E-state index is 0.258. The van der Waals surface area contributed by atoms with Gasteiger partial charge in [-0.25, -0.2) is 15.0 Å². The van der Waals surface area contributed by atoms with E-state index in [2.05, 4.69) is 57.9 Å². The smallest absolute Gasteiger partial charge is 0.258 e.